The van der Waals surface area contributed by atoms with Gasteiger partial charge in [0.25, 0.3) is 5.91 Å². The molecule has 0 bridgehead atoms. The first-order valence-corrected chi connectivity index (χ1v) is 9.71. The highest BCUT2D eigenvalue weighted by Crippen LogP contribution is 2.31. The summed E-state index contributed by atoms with van der Waals surface area (Å²) >= 11 is 0. The lowest BCUT2D eigenvalue weighted by molar-refractivity contribution is -0.151. The summed E-state index contributed by atoms with van der Waals surface area (Å²) in [6.07, 6.45) is 0.868. The zero-order chi connectivity index (χ0) is 22.1. The summed E-state index contributed by atoms with van der Waals surface area (Å²) in [6, 6.07) is 1.88. The second-order valence-electron chi connectivity index (χ2n) is 7.48. The average Bonchev–Trinajstić information content (AvgIpc) is 2.91. The van der Waals surface area contributed by atoms with E-state index in [1.165, 1.54) is 11.8 Å². The quantitative estimate of drug-likeness (QED) is 0.573. The van der Waals surface area contributed by atoms with Crippen molar-refractivity contribution in [1.29, 1.82) is 0 Å². The largest absolute Gasteiger partial charge is 0.466 e. The summed E-state index contributed by atoms with van der Waals surface area (Å²) in [7, 11) is 0. The van der Waals surface area contributed by atoms with E-state index in [0.29, 0.717) is 32.0 Å². The normalized spacial score (nSPS) is 22.3. The van der Waals surface area contributed by atoms with E-state index >= 15 is 0 Å². The van der Waals surface area contributed by atoms with Crippen LogP contribution in [0.3, 0.4) is 0 Å². The summed E-state index contributed by atoms with van der Waals surface area (Å²) in [5, 5.41) is 2.39. The molecule has 0 aromatic heterocycles. The molecule has 3 rings (SSSR count). The first kappa shape index (κ1) is 21.7. The van der Waals surface area contributed by atoms with Gasteiger partial charge in [0.15, 0.2) is 0 Å². The average molecular weight is 423 g/mol. The number of benzene rings is 1. The number of piperidine rings is 1. The van der Waals surface area contributed by atoms with Crippen molar-refractivity contribution < 1.29 is 32.7 Å². The molecule has 0 saturated carbocycles. The molecule has 4 amide bonds. The Bertz CT molecular complexity index is 885. The summed E-state index contributed by atoms with van der Waals surface area (Å²) in [4.78, 5) is 51.8. The molecule has 162 valence electrons. The molecule has 1 N–H and O–H groups in total. The lowest BCUT2D eigenvalue weighted by Crippen LogP contribution is -2.47. The van der Waals surface area contributed by atoms with Gasteiger partial charge in [-0.1, -0.05) is 6.07 Å². The van der Waals surface area contributed by atoms with Gasteiger partial charge in [-0.3, -0.25) is 19.3 Å². The van der Waals surface area contributed by atoms with Gasteiger partial charge in [-0.25, -0.2) is 13.6 Å². The molecule has 8 nitrogen and oxygen atoms in total. The molecule has 1 aromatic rings. The number of urea groups is 1. The highest BCUT2D eigenvalue weighted by Gasteiger charge is 2.51. The molecule has 30 heavy (non-hydrogen) atoms. The maximum atomic E-state index is 14.2. The number of imide groups is 1. The Morgan fingerprint density at radius 1 is 1.23 bits per heavy atom. The lowest BCUT2D eigenvalue weighted by Gasteiger charge is -2.31. The van der Waals surface area contributed by atoms with Crippen molar-refractivity contribution in [1.82, 2.24) is 15.1 Å². The second-order valence-corrected chi connectivity index (χ2v) is 7.48. The number of amides is 4. The van der Waals surface area contributed by atoms with Crippen LogP contribution in [-0.2, 0) is 24.7 Å². The van der Waals surface area contributed by atoms with Crippen molar-refractivity contribution in [2.45, 2.75) is 32.2 Å². The van der Waals surface area contributed by atoms with Crippen LogP contribution in [0.5, 0.6) is 0 Å². The van der Waals surface area contributed by atoms with Crippen molar-refractivity contribution in [3.63, 3.8) is 0 Å². The minimum atomic E-state index is -1.74. The molecular formula is C20H23F2N3O5. The molecule has 2 heterocycles. The van der Waals surface area contributed by atoms with Crippen molar-refractivity contribution in [2.24, 2.45) is 5.92 Å². The van der Waals surface area contributed by atoms with E-state index in [2.05, 4.69) is 5.32 Å². The summed E-state index contributed by atoms with van der Waals surface area (Å²) in [5.41, 5.74) is -1.93. The van der Waals surface area contributed by atoms with E-state index in [9.17, 15) is 28.0 Å². The number of esters is 1. The molecule has 2 aliphatic heterocycles. The monoisotopic (exact) mass is 423 g/mol. The number of nitrogens with zero attached hydrogens (tertiary/aromatic N) is 2. The van der Waals surface area contributed by atoms with Crippen LogP contribution in [0.4, 0.5) is 13.6 Å². The first-order chi connectivity index (χ1) is 14.2. The van der Waals surface area contributed by atoms with Gasteiger partial charge in [-0.05, 0) is 32.8 Å². The molecule has 2 fully saturated rings. The Hall–Kier alpha value is -3.04. The van der Waals surface area contributed by atoms with Crippen LogP contribution in [0.1, 0.15) is 32.3 Å². The van der Waals surface area contributed by atoms with Gasteiger partial charge in [0.2, 0.25) is 5.91 Å². The Labute approximate surface area is 172 Å². The number of carbonyl (C=O) groups is 4. The van der Waals surface area contributed by atoms with E-state index in [1.807, 2.05) is 0 Å². The Morgan fingerprint density at radius 3 is 2.50 bits per heavy atom. The van der Waals surface area contributed by atoms with Crippen molar-refractivity contribution >= 4 is 23.8 Å². The summed E-state index contributed by atoms with van der Waals surface area (Å²) < 4.78 is 32.4. The molecule has 10 heteroatoms. The number of nitrogens with one attached hydrogen (secondary N) is 1. The standard InChI is InChI=1S/C20H23F2N3O5/c1-3-30-17(27)12-6-8-24(9-7-12)16(26)11-25-18(28)20(2,23-19(25)29)14-5-4-13(21)10-15(14)22/h4-5,10,12H,3,6-9,11H2,1-2H3,(H,23,29)/t20-/m1/s1. The smallest absolute Gasteiger partial charge is 0.325 e. The third-order valence-corrected chi connectivity index (χ3v) is 5.51. The minimum absolute atomic E-state index is 0.188. The molecule has 1 atom stereocenters. The number of ether oxygens (including phenoxy) is 1. The maximum absolute atomic E-state index is 14.2. The van der Waals surface area contributed by atoms with Gasteiger partial charge in [-0.15, -0.1) is 0 Å². The van der Waals surface area contributed by atoms with Crippen LogP contribution in [0.2, 0.25) is 0 Å². The SMILES string of the molecule is CCOC(=O)C1CCN(C(=O)CN2C(=O)N[C@](C)(c3ccc(F)cc3F)C2=O)CC1. The minimum Gasteiger partial charge on any atom is -0.466 e. The molecule has 1 aromatic carbocycles. The van der Waals surface area contributed by atoms with E-state index in [0.717, 1.165) is 17.0 Å². The zero-order valence-electron chi connectivity index (χ0n) is 16.7. The fourth-order valence-corrected chi connectivity index (χ4v) is 3.78. The number of halogens is 2. The van der Waals surface area contributed by atoms with Crippen LogP contribution in [-0.4, -0.2) is 59.9 Å². The van der Waals surface area contributed by atoms with Crippen LogP contribution >= 0.6 is 0 Å². The van der Waals surface area contributed by atoms with Crippen molar-refractivity contribution in [2.75, 3.05) is 26.2 Å². The third kappa shape index (κ3) is 3.99. The molecule has 0 aliphatic carbocycles. The lowest BCUT2D eigenvalue weighted by atomic mass is 9.91. The molecule has 0 spiro atoms. The predicted octanol–water partition coefficient (Wildman–Crippen LogP) is 1.53. The summed E-state index contributed by atoms with van der Waals surface area (Å²) in [5.74, 6) is -3.61. The fraction of sp³-hybridized carbons (Fsp3) is 0.500. The van der Waals surface area contributed by atoms with Gasteiger partial charge >= 0.3 is 12.0 Å². The summed E-state index contributed by atoms with van der Waals surface area (Å²) in [6.45, 7) is 3.41. The van der Waals surface area contributed by atoms with Crippen LogP contribution in [0.25, 0.3) is 0 Å². The molecule has 0 radical (unpaired) electrons. The van der Waals surface area contributed by atoms with E-state index in [1.54, 1.807) is 6.92 Å². The number of carbonyl (C=O) groups excluding carboxylic acids is 4. The molecule has 2 saturated heterocycles. The van der Waals surface area contributed by atoms with Crippen LogP contribution < -0.4 is 5.32 Å². The van der Waals surface area contributed by atoms with Gasteiger partial charge in [0, 0.05) is 24.7 Å². The van der Waals surface area contributed by atoms with E-state index in [-0.39, 0.29) is 24.1 Å². The maximum Gasteiger partial charge on any atom is 0.325 e. The van der Waals surface area contributed by atoms with Gasteiger partial charge < -0.3 is 15.0 Å². The van der Waals surface area contributed by atoms with Crippen LogP contribution in [0.15, 0.2) is 18.2 Å². The number of likely N-dealkylation sites (tertiary alicyclic amines) is 1. The third-order valence-electron chi connectivity index (χ3n) is 5.51. The molecular weight excluding hydrogens is 400 g/mol. The highest BCUT2D eigenvalue weighted by atomic mass is 19.1. The predicted molar refractivity (Wildman–Crippen MR) is 99.9 cm³/mol. The van der Waals surface area contributed by atoms with Gasteiger partial charge in [0.1, 0.15) is 23.7 Å². The topological polar surface area (TPSA) is 96.0 Å². The Morgan fingerprint density at radius 2 is 1.90 bits per heavy atom. The highest BCUT2D eigenvalue weighted by molar-refractivity contribution is 6.09. The number of hydrogen-bond donors (Lipinski definition) is 1. The van der Waals surface area contributed by atoms with Gasteiger partial charge in [0.05, 0.1) is 12.5 Å². The number of rotatable bonds is 5. The molecule has 2 aliphatic rings. The van der Waals surface area contributed by atoms with Gasteiger partial charge in [-0.2, -0.15) is 0 Å². The Balaban J connectivity index is 1.66. The zero-order valence-corrected chi connectivity index (χ0v) is 16.7. The first-order valence-electron chi connectivity index (χ1n) is 9.71. The van der Waals surface area contributed by atoms with Crippen molar-refractivity contribution in [3.05, 3.63) is 35.4 Å². The second kappa shape index (κ2) is 8.37. The van der Waals surface area contributed by atoms with E-state index in [4.69, 9.17) is 4.74 Å². The fourth-order valence-electron chi connectivity index (χ4n) is 3.78. The van der Waals surface area contributed by atoms with Crippen LogP contribution in [0, 0.1) is 17.6 Å². The molecule has 0 unspecified atom stereocenters. The number of hydrogen-bond acceptors (Lipinski definition) is 5. The van der Waals surface area contributed by atoms with E-state index < -0.39 is 41.6 Å². The van der Waals surface area contributed by atoms with Crippen molar-refractivity contribution in [3.8, 4) is 0 Å². The Kier molecular flexibility index (Phi) is 6.04.